The van der Waals surface area contributed by atoms with Gasteiger partial charge in [-0.15, -0.1) is 0 Å². The summed E-state index contributed by atoms with van der Waals surface area (Å²) in [5.74, 6) is 0.627. The van der Waals surface area contributed by atoms with Gasteiger partial charge in [0.05, 0.1) is 11.3 Å². The first kappa shape index (κ1) is 17.6. The second kappa shape index (κ2) is 7.83. The van der Waals surface area contributed by atoms with Gasteiger partial charge in [0, 0.05) is 31.1 Å². The first-order valence-corrected chi connectivity index (χ1v) is 8.52. The standard InChI is InChI=1S/C20H16FN5O2/c21-15-4-1-3-13(7-15)12-27-20-24-10-14(11-25-20)8-16-9-18(28-26-16)17-5-2-6-23-19(17)22/h1-7,9-11H,8,12H2,(H2,22,23). The van der Waals surface area contributed by atoms with E-state index in [1.165, 1.54) is 12.1 Å². The van der Waals surface area contributed by atoms with Crippen LogP contribution in [0.1, 0.15) is 16.8 Å². The van der Waals surface area contributed by atoms with E-state index in [-0.39, 0.29) is 18.4 Å². The number of nitrogens with zero attached hydrogens (tertiary/aromatic N) is 4. The fourth-order valence-corrected chi connectivity index (χ4v) is 2.64. The third-order valence-electron chi connectivity index (χ3n) is 3.99. The van der Waals surface area contributed by atoms with Crippen molar-refractivity contribution in [2.24, 2.45) is 0 Å². The summed E-state index contributed by atoms with van der Waals surface area (Å²) in [7, 11) is 0. The highest BCUT2D eigenvalue weighted by Gasteiger charge is 2.11. The molecule has 0 amide bonds. The third-order valence-corrected chi connectivity index (χ3v) is 3.99. The molecule has 0 saturated heterocycles. The van der Waals surface area contributed by atoms with Crippen LogP contribution >= 0.6 is 0 Å². The van der Waals surface area contributed by atoms with Gasteiger partial charge in [0.2, 0.25) is 0 Å². The van der Waals surface area contributed by atoms with Crippen LogP contribution in [-0.4, -0.2) is 20.1 Å². The molecule has 0 saturated carbocycles. The van der Waals surface area contributed by atoms with Gasteiger partial charge in [-0.25, -0.2) is 19.3 Å². The molecule has 8 heteroatoms. The number of benzene rings is 1. The number of nitrogen functional groups attached to an aromatic ring is 1. The minimum atomic E-state index is -0.308. The number of halogens is 1. The van der Waals surface area contributed by atoms with Gasteiger partial charge in [0.15, 0.2) is 5.76 Å². The molecule has 0 atom stereocenters. The summed E-state index contributed by atoms with van der Waals surface area (Å²) in [6.45, 7) is 0.191. The van der Waals surface area contributed by atoms with Crippen molar-refractivity contribution < 1.29 is 13.7 Å². The third kappa shape index (κ3) is 4.12. The molecule has 0 fully saturated rings. The number of aromatic nitrogens is 4. The second-order valence-electron chi connectivity index (χ2n) is 6.09. The summed E-state index contributed by atoms with van der Waals surface area (Å²) in [5, 5.41) is 4.05. The quantitative estimate of drug-likeness (QED) is 0.549. The molecule has 0 aliphatic heterocycles. The summed E-state index contributed by atoms with van der Waals surface area (Å²) in [6.07, 6.45) is 5.42. The molecule has 3 heterocycles. The van der Waals surface area contributed by atoms with Gasteiger partial charge >= 0.3 is 6.01 Å². The molecule has 28 heavy (non-hydrogen) atoms. The van der Waals surface area contributed by atoms with Crippen LogP contribution in [0.4, 0.5) is 10.2 Å². The summed E-state index contributed by atoms with van der Waals surface area (Å²) in [5.41, 5.74) is 8.82. The fourth-order valence-electron chi connectivity index (χ4n) is 2.64. The largest absolute Gasteiger partial charge is 0.459 e. The van der Waals surface area contributed by atoms with Crippen LogP contribution in [0, 0.1) is 5.82 Å². The van der Waals surface area contributed by atoms with Crippen molar-refractivity contribution in [1.82, 2.24) is 20.1 Å². The maximum Gasteiger partial charge on any atom is 0.316 e. The number of rotatable bonds is 6. The van der Waals surface area contributed by atoms with E-state index in [4.69, 9.17) is 15.0 Å². The molecular formula is C20H16FN5O2. The maximum atomic E-state index is 13.2. The topological polar surface area (TPSA) is 100.0 Å². The van der Waals surface area contributed by atoms with Gasteiger partial charge in [0.1, 0.15) is 18.2 Å². The van der Waals surface area contributed by atoms with Crippen LogP contribution in [0.15, 0.2) is 65.6 Å². The Labute approximate surface area is 160 Å². The van der Waals surface area contributed by atoms with Crippen LogP contribution in [0.3, 0.4) is 0 Å². The molecule has 0 unspecified atom stereocenters. The van der Waals surface area contributed by atoms with Gasteiger partial charge < -0.3 is 15.0 Å². The summed E-state index contributed by atoms with van der Waals surface area (Å²) in [6, 6.07) is 11.8. The van der Waals surface area contributed by atoms with Crippen LogP contribution in [0.25, 0.3) is 11.3 Å². The Morgan fingerprint density at radius 3 is 2.64 bits per heavy atom. The van der Waals surface area contributed by atoms with Crippen LogP contribution in [0.5, 0.6) is 6.01 Å². The Morgan fingerprint density at radius 1 is 1.00 bits per heavy atom. The number of hydrogen-bond donors (Lipinski definition) is 1. The fraction of sp³-hybridized carbons (Fsp3) is 0.100. The molecule has 7 nitrogen and oxygen atoms in total. The summed E-state index contributed by atoms with van der Waals surface area (Å²) in [4.78, 5) is 12.4. The molecule has 0 radical (unpaired) electrons. The Hall–Kier alpha value is -3.81. The number of ether oxygens (including phenoxy) is 1. The van der Waals surface area contributed by atoms with Gasteiger partial charge in [-0.2, -0.15) is 0 Å². The smallest absolute Gasteiger partial charge is 0.316 e. The molecule has 1 aromatic carbocycles. The van der Waals surface area contributed by atoms with Crippen LogP contribution in [-0.2, 0) is 13.0 Å². The Bertz CT molecular complexity index is 1080. The Kier molecular flexibility index (Phi) is 4.92. The lowest BCUT2D eigenvalue weighted by Crippen LogP contribution is -2.00. The minimum Gasteiger partial charge on any atom is -0.459 e. The van der Waals surface area contributed by atoms with Crippen LogP contribution in [0.2, 0.25) is 0 Å². The van der Waals surface area contributed by atoms with Crippen molar-refractivity contribution in [1.29, 1.82) is 0 Å². The number of hydrogen-bond acceptors (Lipinski definition) is 7. The Balaban J connectivity index is 1.39. The van der Waals surface area contributed by atoms with Gasteiger partial charge in [-0.1, -0.05) is 17.3 Å². The van der Waals surface area contributed by atoms with E-state index in [0.29, 0.717) is 29.1 Å². The average molecular weight is 377 g/mol. The zero-order chi connectivity index (χ0) is 19.3. The van der Waals surface area contributed by atoms with Crippen molar-refractivity contribution in [3.05, 3.63) is 83.7 Å². The lowest BCUT2D eigenvalue weighted by Gasteiger charge is -2.05. The van der Waals surface area contributed by atoms with E-state index in [1.54, 1.807) is 36.8 Å². The molecule has 0 spiro atoms. The highest BCUT2D eigenvalue weighted by molar-refractivity contribution is 5.69. The molecule has 0 bridgehead atoms. The van der Waals surface area contributed by atoms with E-state index >= 15 is 0 Å². The molecular weight excluding hydrogens is 361 g/mol. The molecule has 2 N–H and O–H groups in total. The normalized spacial score (nSPS) is 10.8. The van der Waals surface area contributed by atoms with Gasteiger partial charge in [-0.3, -0.25) is 0 Å². The lowest BCUT2D eigenvalue weighted by atomic mass is 10.1. The number of anilines is 1. The number of nitrogens with two attached hydrogens (primary N) is 1. The summed E-state index contributed by atoms with van der Waals surface area (Å²) >= 11 is 0. The predicted molar refractivity (Wildman–Crippen MR) is 99.7 cm³/mol. The maximum absolute atomic E-state index is 13.2. The van der Waals surface area contributed by atoms with Crippen LogP contribution < -0.4 is 10.5 Å². The van der Waals surface area contributed by atoms with E-state index in [2.05, 4.69) is 20.1 Å². The predicted octanol–water partition coefficient (Wildman–Crippen LogP) is 3.42. The molecule has 4 rings (SSSR count). The second-order valence-corrected chi connectivity index (χ2v) is 6.09. The van der Waals surface area contributed by atoms with E-state index in [9.17, 15) is 4.39 Å². The lowest BCUT2D eigenvalue weighted by molar-refractivity contribution is 0.280. The highest BCUT2D eigenvalue weighted by Crippen LogP contribution is 2.25. The van der Waals surface area contributed by atoms with E-state index < -0.39 is 0 Å². The van der Waals surface area contributed by atoms with Crippen molar-refractivity contribution in [2.75, 3.05) is 5.73 Å². The minimum absolute atomic E-state index is 0.191. The molecule has 140 valence electrons. The first-order valence-electron chi connectivity index (χ1n) is 8.52. The average Bonchev–Trinajstić information content (AvgIpc) is 3.16. The SMILES string of the molecule is Nc1ncccc1-c1cc(Cc2cnc(OCc3cccc(F)c3)nc2)no1. The van der Waals surface area contributed by atoms with Crippen molar-refractivity contribution in [3.63, 3.8) is 0 Å². The van der Waals surface area contributed by atoms with Gasteiger partial charge in [0.25, 0.3) is 0 Å². The van der Waals surface area contributed by atoms with Gasteiger partial charge in [-0.05, 0) is 35.4 Å². The number of pyridine rings is 1. The van der Waals surface area contributed by atoms with Crippen molar-refractivity contribution in [3.8, 4) is 17.3 Å². The molecule has 3 aromatic heterocycles. The monoisotopic (exact) mass is 377 g/mol. The molecule has 0 aliphatic rings. The highest BCUT2D eigenvalue weighted by atomic mass is 19.1. The first-order chi connectivity index (χ1) is 13.7. The van der Waals surface area contributed by atoms with E-state index in [1.807, 2.05) is 12.1 Å². The molecule has 4 aromatic rings. The Morgan fingerprint density at radius 2 is 1.86 bits per heavy atom. The molecule has 0 aliphatic carbocycles. The summed E-state index contributed by atoms with van der Waals surface area (Å²) < 4.78 is 24.0. The van der Waals surface area contributed by atoms with Crippen molar-refractivity contribution >= 4 is 5.82 Å². The van der Waals surface area contributed by atoms with Crippen molar-refractivity contribution in [2.45, 2.75) is 13.0 Å². The zero-order valence-corrected chi connectivity index (χ0v) is 14.7. The zero-order valence-electron chi connectivity index (χ0n) is 14.7. The van der Waals surface area contributed by atoms with E-state index in [0.717, 1.165) is 11.3 Å².